The summed E-state index contributed by atoms with van der Waals surface area (Å²) in [5, 5.41) is 0. The first-order valence-corrected chi connectivity index (χ1v) is 15.7. The van der Waals surface area contributed by atoms with Gasteiger partial charge in [0.1, 0.15) is 11.5 Å². The number of ether oxygens (including phenoxy) is 2. The zero-order valence-electron chi connectivity index (χ0n) is 24.9. The third-order valence-electron chi connectivity index (χ3n) is 7.59. The molecule has 0 bridgehead atoms. The predicted octanol–water partition coefficient (Wildman–Crippen LogP) is 7.76. The summed E-state index contributed by atoms with van der Waals surface area (Å²) in [4.78, 5) is 29.7. The van der Waals surface area contributed by atoms with Crippen molar-refractivity contribution < 1.29 is 19.1 Å². The summed E-state index contributed by atoms with van der Waals surface area (Å²) >= 11 is 0. The first-order valence-electron chi connectivity index (χ1n) is 15.7. The van der Waals surface area contributed by atoms with Gasteiger partial charge in [-0.3, -0.25) is 9.59 Å². The molecule has 0 atom stereocenters. The third-order valence-corrected chi connectivity index (χ3v) is 7.59. The van der Waals surface area contributed by atoms with Crippen LogP contribution in [-0.4, -0.2) is 61.0 Å². The van der Waals surface area contributed by atoms with Crippen molar-refractivity contribution in [1.29, 1.82) is 0 Å². The summed E-state index contributed by atoms with van der Waals surface area (Å²) in [7, 11) is 0. The van der Waals surface area contributed by atoms with E-state index >= 15 is 0 Å². The molecule has 2 aromatic rings. The van der Waals surface area contributed by atoms with Crippen molar-refractivity contribution >= 4 is 11.8 Å². The Balaban J connectivity index is 1.35. The van der Waals surface area contributed by atoms with Crippen LogP contribution in [0.5, 0.6) is 11.5 Å². The quantitative estimate of drug-likeness (QED) is 0.178. The number of hydrogen-bond donors (Lipinski definition) is 0. The highest BCUT2D eigenvalue weighted by atomic mass is 16.5. The minimum Gasteiger partial charge on any atom is -0.494 e. The molecule has 2 aromatic carbocycles. The average Bonchev–Trinajstić information content (AvgIpc) is 3.00. The van der Waals surface area contributed by atoms with Gasteiger partial charge in [-0.2, -0.15) is 0 Å². The zero-order valence-corrected chi connectivity index (χ0v) is 24.9. The summed E-state index contributed by atoms with van der Waals surface area (Å²) in [5.41, 5.74) is 1.31. The molecule has 0 unspecified atom stereocenters. The zero-order chi connectivity index (χ0) is 28.4. The van der Waals surface area contributed by atoms with Crippen LogP contribution < -0.4 is 9.47 Å². The molecule has 0 aliphatic carbocycles. The molecular formula is C34H50N2O4. The van der Waals surface area contributed by atoms with E-state index in [-0.39, 0.29) is 11.8 Å². The number of carbonyl (C=O) groups excluding carboxylic acids is 2. The molecule has 0 N–H and O–H groups in total. The van der Waals surface area contributed by atoms with Crippen LogP contribution in [0.2, 0.25) is 0 Å². The fourth-order valence-electron chi connectivity index (χ4n) is 5.01. The van der Waals surface area contributed by atoms with Gasteiger partial charge in [0.25, 0.3) is 11.8 Å². The molecule has 1 aliphatic rings. The fourth-order valence-corrected chi connectivity index (χ4v) is 5.01. The van der Waals surface area contributed by atoms with Gasteiger partial charge in [-0.25, -0.2) is 0 Å². The maximum absolute atomic E-state index is 13.0. The lowest BCUT2D eigenvalue weighted by Gasteiger charge is -2.35. The van der Waals surface area contributed by atoms with Crippen LogP contribution in [0.3, 0.4) is 0 Å². The number of nitrogens with zero attached hydrogens (tertiary/aromatic N) is 2. The minimum atomic E-state index is 0.00133. The van der Waals surface area contributed by atoms with Crippen LogP contribution in [0.4, 0.5) is 0 Å². The van der Waals surface area contributed by atoms with Crippen LogP contribution in [0.1, 0.15) is 112 Å². The summed E-state index contributed by atoms with van der Waals surface area (Å²) in [5.74, 6) is 1.61. The van der Waals surface area contributed by atoms with E-state index in [4.69, 9.17) is 9.47 Å². The van der Waals surface area contributed by atoms with Gasteiger partial charge in [-0.1, -0.05) is 78.1 Å². The summed E-state index contributed by atoms with van der Waals surface area (Å²) in [6.45, 7) is 8.00. The summed E-state index contributed by atoms with van der Waals surface area (Å²) in [6, 6.07) is 14.9. The Labute approximate surface area is 242 Å². The first-order chi connectivity index (χ1) is 19.6. The van der Waals surface area contributed by atoms with Crippen LogP contribution in [0.25, 0.3) is 0 Å². The van der Waals surface area contributed by atoms with Gasteiger partial charge in [-0.15, -0.1) is 0 Å². The van der Waals surface area contributed by atoms with Gasteiger partial charge in [0.15, 0.2) is 0 Å². The molecule has 220 valence electrons. The Morgan fingerprint density at radius 3 is 1.20 bits per heavy atom. The Bertz CT molecular complexity index is 901. The monoisotopic (exact) mass is 550 g/mol. The van der Waals surface area contributed by atoms with Gasteiger partial charge < -0.3 is 19.3 Å². The van der Waals surface area contributed by atoms with E-state index in [0.29, 0.717) is 50.5 Å². The van der Waals surface area contributed by atoms with E-state index in [0.717, 1.165) is 24.3 Å². The van der Waals surface area contributed by atoms with E-state index < -0.39 is 0 Å². The number of hydrogen-bond acceptors (Lipinski definition) is 4. The maximum Gasteiger partial charge on any atom is 0.253 e. The molecule has 0 spiro atoms. The lowest BCUT2D eigenvalue weighted by Crippen LogP contribution is -2.50. The van der Waals surface area contributed by atoms with Crippen molar-refractivity contribution in [1.82, 2.24) is 9.80 Å². The molecular weight excluding hydrogens is 500 g/mol. The third kappa shape index (κ3) is 10.9. The number of amides is 2. The molecule has 1 aliphatic heterocycles. The van der Waals surface area contributed by atoms with E-state index in [9.17, 15) is 9.59 Å². The second-order valence-electron chi connectivity index (χ2n) is 10.9. The van der Waals surface area contributed by atoms with Crippen molar-refractivity contribution in [3.8, 4) is 11.5 Å². The Morgan fingerprint density at radius 2 is 0.850 bits per heavy atom. The van der Waals surface area contributed by atoms with Gasteiger partial charge in [-0.05, 0) is 61.4 Å². The highest BCUT2D eigenvalue weighted by molar-refractivity contribution is 5.96. The van der Waals surface area contributed by atoms with Crippen LogP contribution in [0.15, 0.2) is 48.5 Å². The molecule has 0 aromatic heterocycles. The number of piperazine rings is 1. The van der Waals surface area contributed by atoms with E-state index in [1.54, 1.807) is 0 Å². The number of unbranched alkanes of at least 4 members (excludes halogenated alkanes) is 10. The van der Waals surface area contributed by atoms with Crippen molar-refractivity contribution in [2.24, 2.45) is 0 Å². The molecule has 1 fully saturated rings. The standard InChI is InChI=1S/C34H50N2O4/c1-3-5-7-9-11-13-27-39-31-19-15-29(16-20-31)33(37)35-23-25-36(26-24-35)34(38)30-17-21-32(22-18-30)40-28-14-12-10-8-6-4-2/h15-22H,3-14,23-28H2,1-2H3. The van der Waals surface area contributed by atoms with Crippen LogP contribution in [0, 0.1) is 0 Å². The molecule has 6 heteroatoms. The van der Waals surface area contributed by atoms with Gasteiger partial charge >= 0.3 is 0 Å². The van der Waals surface area contributed by atoms with E-state index in [2.05, 4.69) is 13.8 Å². The molecule has 3 rings (SSSR count). The predicted molar refractivity (Wildman–Crippen MR) is 162 cm³/mol. The average molecular weight is 551 g/mol. The Kier molecular flexibility index (Phi) is 14.5. The maximum atomic E-state index is 13.0. The molecule has 0 radical (unpaired) electrons. The van der Waals surface area contributed by atoms with E-state index in [1.165, 1.54) is 64.2 Å². The number of benzene rings is 2. The molecule has 0 saturated carbocycles. The first kappa shape index (κ1) is 31.5. The Hall–Kier alpha value is -3.02. The van der Waals surface area contributed by atoms with Crippen LogP contribution >= 0.6 is 0 Å². The second-order valence-corrected chi connectivity index (χ2v) is 10.9. The Morgan fingerprint density at radius 1 is 0.525 bits per heavy atom. The molecule has 40 heavy (non-hydrogen) atoms. The van der Waals surface area contributed by atoms with E-state index in [1.807, 2.05) is 58.3 Å². The molecule has 6 nitrogen and oxygen atoms in total. The SMILES string of the molecule is CCCCCCCCOc1ccc(C(=O)N2CCN(C(=O)c3ccc(OCCCCCCCC)cc3)CC2)cc1. The van der Waals surface area contributed by atoms with Crippen molar-refractivity contribution in [3.63, 3.8) is 0 Å². The smallest absolute Gasteiger partial charge is 0.253 e. The van der Waals surface area contributed by atoms with Crippen molar-refractivity contribution in [3.05, 3.63) is 59.7 Å². The van der Waals surface area contributed by atoms with Gasteiger partial charge in [0.2, 0.25) is 0 Å². The fraction of sp³-hybridized carbons (Fsp3) is 0.588. The molecule has 1 saturated heterocycles. The minimum absolute atomic E-state index is 0.00133. The van der Waals surface area contributed by atoms with Gasteiger partial charge in [0, 0.05) is 37.3 Å². The normalized spacial score (nSPS) is 13.3. The topological polar surface area (TPSA) is 59.1 Å². The second kappa shape index (κ2) is 18.4. The lowest BCUT2D eigenvalue weighted by molar-refractivity contribution is 0.0535. The molecule has 2 amide bonds. The number of rotatable bonds is 18. The highest BCUT2D eigenvalue weighted by Crippen LogP contribution is 2.18. The summed E-state index contributed by atoms with van der Waals surface area (Å²) in [6.07, 6.45) is 14.8. The van der Waals surface area contributed by atoms with Crippen LogP contribution in [-0.2, 0) is 0 Å². The highest BCUT2D eigenvalue weighted by Gasteiger charge is 2.25. The van der Waals surface area contributed by atoms with Crippen molar-refractivity contribution in [2.75, 3.05) is 39.4 Å². The molecule has 1 heterocycles. The van der Waals surface area contributed by atoms with Crippen molar-refractivity contribution in [2.45, 2.75) is 90.9 Å². The summed E-state index contributed by atoms with van der Waals surface area (Å²) < 4.78 is 11.7. The largest absolute Gasteiger partial charge is 0.494 e. The lowest BCUT2D eigenvalue weighted by atomic mass is 10.1. The number of carbonyl (C=O) groups is 2. The van der Waals surface area contributed by atoms with Gasteiger partial charge in [0.05, 0.1) is 13.2 Å².